The molecule has 0 unspecified atom stereocenters. The highest BCUT2D eigenvalue weighted by Crippen LogP contribution is 2.22. The zero-order valence-corrected chi connectivity index (χ0v) is 8.70. The highest BCUT2D eigenvalue weighted by molar-refractivity contribution is 5.82. The fourth-order valence-electron chi connectivity index (χ4n) is 1.57. The summed E-state index contributed by atoms with van der Waals surface area (Å²) in [6, 6.07) is 8.42. The van der Waals surface area contributed by atoms with Gasteiger partial charge in [-0.05, 0) is 18.2 Å². The molecule has 0 spiro atoms. The minimum atomic E-state index is -0.408. The smallest absolute Gasteiger partial charge is 0.213 e. The van der Waals surface area contributed by atoms with Crippen LogP contribution in [0, 0.1) is 17.1 Å². The molecule has 80 valence electrons. The molecule has 16 heavy (non-hydrogen) atoms. The Labute approximate surface area is 92.1 Å². The van der Waals surface area contributed by atoms with Crippen LogP contribution in [0.2, 0.25) is 0 Å². The van der Waals surface area contributed by atoms with Gasteiger partial charge in [-0.1, -0.05) is 0 Å². The number of aromatic nitrogens is 1. The van der Waals surface area contributed by atoms with E-state index in [0.717, 1.165) is 5.39 Å². The summed E-state index contributed by atoms with van der Waals surface area (Å²) >= 11 is 0. The van der Waals surface area contributed by atoms with E-state index in [2.05, 4.69) is 4.98 Å². The number of ether oxygens (including phenoxy) is 1. The maximum absolute atomic E-state index is 13.5. The Bertz CT molecular complexity index is 575. The van der Waals surface area contributed by atoms with Crippen LogP contribution < -0.4 is 4.74 Å². The van der Waals surface area contributed by atoms with Gasteiger partial charge in [0, 0.05) is 17.0 Å². The Balaban J connectivity index is 2.73. The van der Waals surface area contributed by atoms with Gasteiger partial charge in [-0.2, -0.15) is 5.26 Å². The molecular weight excluding hydrogens is 207 g/mol. The summed E-state index contributed by atoms with van der Waals surface area (Å²) in [7, 11) is 1.50. The van der Waals surface area contributed by atoms with Gasteiger partial charge in [-0.3, -0.25) is 0 Å². The molecule has 3 nitrogen and oxygen atoms in total. The van der Waals surface area contributed by atoms with Crippen molar-refractivity contribution in [3.8, 4) is 11.9 Å². The van der Waals surface area contributed by atoms with Crippen LogP contribution in [0.4, 0.5) is 4.39 Å². The molecule has 0 aliphatic heterocycles. The van der Waals surface area contributed by atoms with Crippen LogP contribution in [0.3, 0.4) is 0 Å². The zero-order chi connectivity index (χ0) is 11.5. The summed E-state index contributed by atoms with van der Waals surface area (Å²) in [4.78, 5) is 4.16. The van der Waals surface area contributed by atoms with Crippen molar-refractivity contribution in [3.63, 3.8) is 0 Å². The number of hydrogen-bond acceptors (Lipinski definition) is 3. The molecule has 0 saturated carbocycles. The molecule has 0 bridgehead atoms. The van der Waals surface area contributed by atoms with Crippen LogP contribution >= 0.6 is 0 Å². The molecule has 1 aromatic carbocycles. The quantitative estimate of drug-likeness (QED) is 0.774. The van der Waals surface area contributed by atoms with Crippen LogP contribution in [0.15, 0.2) is 24.3 Å². The normalized spacial score (nSPS) is 10.1. The molecule has 0 N–H and O–H groups in total. The van der Waals surface area contributed by atoms with Gasteiger partial charge in [-0.25, -0.2) is 9.37 Å². The first kappa shape index (κ1) is 10.4. The number of hydrogen-bond donors (Lipinski definition) is 0. The third-order valence-electron chi connectivity index (χ3n) is 2.35. The van der Waals surface area contributed by atoms with Crippen molar-refractivity contribution in [2.75, 3.05) is 7.11 Å². The molecule has 0 aliphatic rings. The second-order valence-corrected chi connectivity index (χ2v) is 3.29. The molecule has 0 amide bonds. The van der Waals surface area contributed by atoms with E-state index >= 15 is 0 Å². The van der Waals surface area contributed by atoms with Gasteiger partial charge >= 0.3 is 0 Å². The molecule has 2 aromatic rings. The van der Waals surface area contributed by atoms with Crippen molar-refractivity contribution in [2.24, 2.45) is 0 Å². The van der Waals surface area contributed by atoms with Gasteiger partial charge in [-0.15, -0.1) is 0 Å². The lowest BCUT2D eigenvalue weighted by molar-refractivity contribution is 0.399. The zero-order valence-electron chi connectivity index (χ0n) is 8.70. The van der Waals surface area contributed by atoms with E-state index in [-0.39, 0.29) is 6.42 Å². The lowest BCUT2D eigenvalue weighted by atomic mass is 10.1. The third-order valence-corrected chi connectivity index (χ3v) is 2.35. The average molecular weight is 216 g/mol. The molecule has 4 heteroatoms. The van der Waals surface area contributed by atoms with Crippen molar-refractivity contribution in [3.05, 3.63) is 35.6 Å². The maximum atomic E-state index is 13.5. The Kier molecular flexibility index (Phi) is 2.69. The van der Waals surface area contributed by atoms with Crippen LogP contribution in [0.5, 0.6) is 5.88 Å². The van der Waals surface area contributed by atoms with Crippen LogP contribution in [-0.4, -0.2) is 12.1 Å². The van der Waals surface area contributed by atoms with Gasteiger partial charge < -0.3 is 4.74 Å². The maximum Gasteiger partial charge on any atom is 0.213 e. The highest BCUT2D eigenvalue weighted by Gasteiger charge is 2.09. The molecule has 2 rings (SSSR count). The van der Waals surface area contributed by atoms with Crippen molar-refractivity contribution >= 4 is 10.9 Å². The van der Waals surface area contributed by atoms with Crippen molar-refractivity contribution in [2.45, 2.75) is 6.42 Å². The predicted octanol–water partition coefficient (Wildman–Crippen LogP) is 2.45. The number of pyridine rings is 1. The molecule has 0 fully saturated rings. The Morgan fingerprint density at radius 2 is 2.12 bits per heavy atom. The number of methoxy groups -OCH3 is 1. The second kappa shape index (κ2) is 4.15. The minimum Gasteiger partial charge on any atom is -0.481 e. The standard InChI is InChI=1S/C12H9FN2O/c1-16-11-5-3-8-2-4-10(13)9(6-7-14)12(8)15-11/h2-5H,6H2,1H3. The summed E-state index contributed by atoms with van der Waals surface area (Å²) in [5.74, 6) is 0.00657. The minimum absolute atomic E-state index is 0.00331. The summed E-state index contributed by atoms with van der Waals surface area (Å²) in [6.45, 7) is 0. The largest absolute Gasteiger partial charge is 0.481 e. The summed E-state index contributed by atoms with van der Waals surface area (Å²) in [5.41, 5.74) is 0.805. The Hall–Kier alpha value is -2.15. The van der Waals surface area contributed by atoms with Crippen LogP contribution in [0.1, 0.15) is 5.56 Å². The first-order valence-corrected chi connectivity index (χ1v) is 4.75. The monoisotopic (exact) mass is 216 g/mol. The molecule has 0 radical (unpaired) electrons. The number of benzene rings is 1. The van der Waals surface area contributed by atoms with Gasteiger partial charge in [0.2, 0.25) is 5.88 Å². The summed E-state index contributed by atoms with van der Waals surface area (Å²) in [5, 5.41) is 9.45. The van der Waals surface area contributed by atoms with E-state index in [1.165, 1.54) is 13.2 Å². The lowest BCUT2D eigenvalue weighted by Crippen LogP contribution is -1.95. The Morgan fingerprint density at radius 1 is 1.38 bits per heavy atom. The van der Waals surface area contributed by atoms with Crippen LogP contribution in [-0.2, 0) is 6.42 Å². The Morgan fingerprint density at radius 3 is 2.81 bits per heavy atom. The SMILES string of the molecule is COc1ccc2ccc(F)c(CC#N)c2n1. The van der Waals surface area contributed by atoms with Gasteiger partial charge in [0.05, 0.1) is 25.1 Å². The lowest BCUT2D eigenvalue weighted by Gasteiger charge is -2.05. The van der Waals surface area contributed by atoms with Crippen molar-refractivity contribution in [1.29, 1.82) is 5.26 Å². The molecule has 0 saturated heterocycles. The molecule has 0 aliphatic carbocycles. The predicted molar refractivity (Wildman–Crippen MR) is 57.6 cm³/mol. The van der Waals surface area contributed by atoms with E-state index in [1.54, 1.807) is 18.2 Å². The van der Waals surface area contributed by atoms with Gasteiger partial charge in [0.15, 0.2) is 0 Å². The van der Waals surface area contributed by atoms with Crippen LogP contribution in [0.25, 0.3) is 10.9 Å². The fourth-order valence-corrected chi connectivity index (χ4v) is 1.57. The number of nitriles is 1. The fraction of sp³-hybridized carbons (Fsp3) is 0.167. The number of nitrogens with zero attached hydrogens (tertiary/aromatic N) is 2. The van der Waals surface area contributed by atoms with E-state index in [4.69, 9.17) is 10.00 Å². The molecule has 1 heterocycles. The topological polar surface area (TPSA) is 45.9 Å². The molecule has 0 atom stereocenters. The number of rotatable bonds is 2. The highest BCUT2D eigenvalue weighted by atomic mass is 19.1. The number of halogens is 1. The second-order valence-electron chi connectivity index (χ2n) is 3.29. The van der Waals surface area contributed by atoms with E-state index in [1.807, 2.05) is 6.07 Å². The van der Waals surface area contributed by atoms with Crippen molar-refractivity contribution < 1.29 is 9.13 Å². The molecular formula is C12H9FN2O. The van der Waals surface area contributed by atoms with Gasteiger partial charge in [0.1, 0.15) is 5.82 Å². The van der Waals surface area contributed by atoms with E-state index in [9.17, 15) is 4.39 Å². The average Bonchev–Trinajstić information content (AvgIpc) is 2.32. The first-order valence-electron chi connectivity index (χ1n) is 4.75. The molecule has 1 aromatic heterocycles. The first-order chi connectivity index (χ1) is 7.76. The van der Waals surface area contributed by atoms with E-state index in [0.29, 0.717) is 17.0 Å². The number of fused-ring (bicyclic) bond motifs is 1. The summed E-state index contributed by atoms with van der Waals surface area (Å²) < 4.78 is 18.5. The van der Waals surface area contributed by atoms with Gasteiger partial charge in [0.25, 0.3) is 0 Å². The summed E-state index contributed by atoms with van der Waals surface area (Å²) in [6.07, 6.45) is 0.00331. The van der Waals surface area contributed by atoms with E-state index < -0.39 is 5.82 Å². The third kappa shape index (κ3) is 1.68. The van der Waals surface area contributed by atoms with Crippen molar-refractivity contribution in [1.82, 2.24) is 4.98 Å².